The zero-order valence-corrected chi connectivity index (χ0v) is 10.9. The summed E-state index contributed by atoms with van der Waals surface area (Å²) in [5.74, 6) is 0.0457. The molecule has 1 saturated heterocycles. The summed E-state index contributed by atoms with van der Waals surface area (Å²) >= 11 is 0. The van der Waals surface area contributed by atoms with Crippen LogP contribution in [0.15, 0.2) is 0 Å². The first kappa shape index (κ1) is 13.5. The van der Waals surface area contributed by atoms with Crippen molar-refractivity contribution < 1.29 is 9.53 Å². The summed E-state index contributed by atoms with van der Waals surface area (Å²) in [6, 6.07) is 0. The minimum Gasteiger partial charge on any atom is -0.368 e. The summed E-state index contributed by atoms with van der Waals surface area (Å²) in [5, 5.41) is 2.98. The summed E-state index contributed by atoms with van der Waals surface area (Å²) in [7, 11) is 4.09. The fourth-order valence-electron chi connectivity index (χ4n) is 2.14. The molecule has 1 fully saturated rings. The third-order valence-corrected chi connectivity index (χ3v) is 2.71. The molecule has 0 aromatic rings. The van der Waals surface area contributed by atoms with Gasteiger partial charge in [0.2, 0.25) is 5.91 Å². The molecule has 0 spiro atoms. The number of hydrogen-bond donors (Lipinski definition) is 1. The van der Waals surface area contributed by atoms with Crippen LogP contribution in [-0.4, -0.2) is 50.7 Å². The lowest BCUT2D eigenvalue weighted by atomic mass is 9.93. The maximum absolute atomic E-state index is 11.7. The van der Waals surface area contributed by atoms with E-state index in [1.165, 1.54) is 0 Å². The highest BCUT2D eigenvalue weighted by molar-refractivity contribution is 5.80. The van der Waals surface area contributed by atoms with Crippen molar-refractivity contribution in [2.45, 2.75) is 32.8 Å². The molecule has 94 valence electrons. The van der Waals surface area contributed by atoms with Gasteiger partial charge in [0.1, 0.15) is 6.10 Å². The Labute approximate surface area is 98.3 Å². The molecule has 0 aliphatic carbocycles. The summed E-state index contributed by atoms with van der Waals surface area (Å²) in [4.78, 5) is 13.9. The van der Waals surface area contributed by atoms with Crippen LogP contribution in [0.3, 0.4) is 0 Å². The van der Waals surface area contributed by atoms with E-state index >= 15 is 0 Å². The Morgan fingerprint density at radius 3 is 2.69 bits per heavy atom. The van der Waals surface area contributed by atoms with Crippen LogP contribution in [0.25, 0.3) is 0 Å². The van der Waals surface area contributed by atoms with Crippen LogP contribution in [0.1, 0.15) is 26.7 Å². The number of nitrogens with zero attached hydrogens (tertiary/aromatic N) is 1. The Kier molecular flexibility index (Phi) is 4.74. The van der Waals surface area contributed by atoms with E-state index in [4.69, 9.17) is 4.74 Å². The van der Waals surface area contributed by atoms with Gasteiger partial charge in [-0.1, -0.05) is 13.8 Å². The van der Waals surface area contributed by atoms with Crippen LogP contribution >= 0.6 is 0 Å². The van der Waals surface area contributed by atoms with Gasteiger partial charge in [-0.2, -0.15) is 0 Å². The summed E-state index contributed by atoms with van der Waals surface area (Å²) in [6.07, 6.45) is 1.65. The van der Waals surface area contributed by atoms with E-state index in [1.54, 1.807) is 0 Å². The molecule has 0 aromatic heterocycles. The molecule has 0 saturated carbocycles. The Hall–Kier alpha value is -0.610. The number of ether oxygens (including phenoxy) is 1. The van der Waals surface area contributed by atoms with Gasteiger partial charge in [0.25, 0.3) is 0 Å². The normalized spacial score (nSPS) is 21.4. The second-order valence-corrected chi connectivity index (χ2v) is 5.62. The molecule has 1 atom stereocenters. The summed E-state index contributed by atoms with van der Waals surface area (Å²) in [5.41, 5.74) is 0.0950. The average molecular weight is 228 g/mol. The molecule has 1 rings (SSSR count). The molecule has 0 bridgehead atoms. The Balaban J connectivity index is 2.29. The molecule has 4 nitrogen and oxygen atoms in total. The molecule has 1 heterocycles. The molecule has 1 unspecified atom stereocenters. The fourth-order valence-corrected chi connectivity index (χ4v) is 2.14. The first-order valence-electron chi connectivity index (χ1n) is 5.95. The molecule has 1 N–H and O–H groups in total. The molecule has 0 aromatic carbocycles. The topological polar surface area (TPSA) is 41.6 Å². The third-order valence-electron chi connectivity index (χ3n) is 2.71. The van der Waals surface area contributed by atoms with Crippen LogP contribution in [0.2, 0.25) is 0 Å². The number of amides is 1. The van der Waals surface area contributed by atoms with E-state index in [0.29, 0.717) is 6.54 Å². The number of hydrogen-bond acceptors (Lipinski definition) is 3. The van der Waals surface area contributed by atoms with E-state index in [-0.39, 0.29) is 17.4 Å². The monoisotopic (exact) mass is 228 g/mol. The second-order valence-electron chi connectivity index (χ2n) is 5.62. The zero-order chi connectivity index (χ0) is 12.2. The molecular formula is C12H24N2O2. The van der Waals surface area contributed by atoms with E-state index in [0.717, 1.165) is 26.0 Å². The van der Waals surface area contributed by atoms with E-state index in [1.807, 2.05) is 14.1 Å². The van der Waals surface area contributed by atoms with Crippen LogP contribution in [-0.2, 0) is 9.53 Å². The summed E-state index contributed by atoms with van der Waals surface area (Å²) < 4.78 is 5.34. The highest BCUT2D eigenvalue weighted by Gasteiger charge is 2.26. The van der Waals surface area contributed by atoms with Gasteiger partial charge in [0, 0.05) is 19.7 Å². The van der Waals surface area contributed by atoms with Crippen LogP contribution in [0, 0.1) is 5.41 Å². The molecule has 0 radical (unpaired) electrons. The van der Waals surface area contributed by atoms with Gasteiger partial charge in [-0.25, -0.2) is 0 Å². The fraction of sp³-hybridized carbons (Fsp3) is 0.917. The number of rotatable bonds is 5. The van der Waals surface area contributed by atoms with Crippen molar-refractivity contribution in [2.24, 2.45) is 5.41 Å². The lowest BCUT2D eigenvalue weighted by molar-refractivity contribution is -0.130. The highest BCUT2D eigenvalue weighted by atomic mass is 16.5. The Morgan fingerprint density at radius 1 is 1.50 bits per heavy atom. The van der Waals surface area contributed by atoms with Crippen LogP contribution in [0.4, 0.5) is 0 Å². The highest BCUT2D eigenvalue weighted by Crippen LogP contribution is 2.16. The van der Waals surface area contributed by atoms with Crippen molar-refractivity contribution in [3.05, 3.63) is 0 Å². The second kappa shape index (κ2) is 5.64. The molecular weight excluding hydrogens is 204 g/mol. The molecule has 1 amide bonds. The molecule has 4 heteroatoms. The minimum absolute atomic E-state index is 0.0457. The van der Waals surface area contributed by atoms with Gasteiger partial charge in [-0.3, -0.25) is 4.79 Å². The third kappa shape index (κ3) is 4.49. The lowest BCUT2D eigenvalue weighted by Gasteiger charge is -2.28. The molecule has 16 heavy (non-hydrogen) atoms. The van der Waals surface area contributed by atoms with E-state index < -0.39 is 0 Å². The number of carbonyl (C=O) groups excluding carboxylic acids is 1. The Morgan fingerprint density at radius 2 is 2.19 bits per heavy atom. The SMILES string of the molecule is CN(C)CC(C)(C)CNC(=O)C1CCCO1. The zero-order valence-electron chi connectivity index (χ0n) is 10.9. The van der Waals surface area contributed by atoms with Crippen molar-refractivity contribution >= 4 is 5.91 Å². The average Bonchev–Trinajstić information content (AvgIpc) is 2.64. The van der Waals surface area contributed by atoms with Crippen molar-refractivity contribution in [1.29, 1.82) is 0 Å². The Bertz CT molecular complexity index is 233. The van der Waals surface area contributed by atoms with Gasteiger partial charge in [0.05, 0.1) is 0 Å². The maximum atomic E-state index is 11.7. The minimum atomic E-state index is -0.213. The van der Waals surface area contributed by atoms with Crippen molar-refractivity contribution in [3.63, 3.8) is 0 Å². The van der Waals surface area contributed by atoms with E-state index in [9.17, 15) is 4.79 Å². The predicted molar refractivity (Wildman–Crippen MR) is 64.3 cm³/mol. The standard InChI is InChI=1S/C12H24N2O2/c1-12(2,9-14(3)4)8-13-11(15)10-6-5-7-16-10/h10H,5-9H2,1-4H3,(H,13,15). The molecule has 1 aliphatic heterocycles. The number of carbonyl (C=O) groups is 1. The van der Waals surface area contributed by atoms with Gasteiger partial charge in [-0.05, 0) is 32.4 Å². The van der Waals surface area contributed by atoms with Crippen molar-refractivity contribution in [2.75, 3.05) is 33.8 Å². The van der Waals surface area contributed by atoms with Crippen LogP contribution < -0.4 is 5.32 Å². The first-order valence-corrected chi connectivity index (χ1v) is 5.95. The van der Waals surface area contributed by atoms with Gasteiger partial charge >= 0.3 is 0 Å². The van der Waals surface area contributed by atoms with Crippen LogP contribution in [0.5, 0.6) is 0 Å². The predicted octanol–water partition coefficient (Wildman–Crippen LogP) is 0.869. The molecule has 1 aliphatic rings. The van der Waals surface area contributed by atoms with E-state index in [2.05, 4.69) is 24.1 Å². The maximum Gasteiger partial charge on any atom is 0.249 e. The van der Waals surface area contributed by atoms with Gasteiger partial charge in [0.15, 0.2) is 0 Å². The largest absolute Gasteiger partial charge is 0.368 e. The van der Waals surface area contributed by atoms with Gasteiger partial charge in [-0.15, -0.1) is 0 Å². The lowest BCUT2D eigenvalue weighted by Crippen LogP contribution is -2.43. The first-order chi connectivity index (χ1) is 7.41. The summed E-state index contributed by atoms with van der Waals surface area (Å²) in [6.45, 7) is 6.69. The smallest absolute Gasteiger partial charge is 0.249 e. The van der Waals surface area contributed by atoms with Crippen molar-refractivity contribution in [1.82, 2.24) is 10.2 Å². The van der Waals surface area contributed by atoms with Crippen molar-refractivity contribution in [3.8, 4) is 0 Å². The quantitative estimate of drug-likeness (QED) is 0.759. The number of nitrogens with one attached hydrogen (secondary N) is 1. The van der Waals surface area contributed by atoms with Gasteiger partial charge < -0.3 is 15.0 Å².